The Balaban J connectivity index is 0.00000241. The standard InChI is InChI=1S/C32H30Si.Ti/c1-22(2)20-21-33(3,31-27-16-8-4-12-23(27)24-13-5-9-17-28(24)31)32-29-18-10-6-14-25(29)26-15-7-11-19-30(26)32;/h4-20,31-32H,21H2,1-3H3;. The summed E-state index contributed by atoms with van der Waals surface area (Å²) in [5.74, 6) is 0. The van der Waals surface area contributed by atoms with Crippen LogP contribution in [0, 0.1) is 0 Å². The molecule has 4 aromatic carbocycles. The van der Waals surface area contributed by atoms with E-state index in [4.69, 9.17) is 0 Å². The van der Waals surface area contributed by atoms with Crippen molar-refractivity contribution >= 4 is 8.07 Å². The van der Waals surface area contributed by atoms with Gasteiger partial charge in [0.1, 0.15) is 0 Å². The number of rotatable bonds is 4. The fraction of sp³-hybridized carbons (Fsp3) is 0.188. The van der Waals surface area contributed by atoms with Crippen LogP contribution in [0.25, 0.3) is 22.3 Å². The second-order valence-corrected chi connectivity index (χ2v) is 14.8. The first kappa shape index (κ1) is 23.3. The molecule has 0 heterocycles. The van der Waals surface area contributed by atoms with Gasteiger partial charge in [-0.15, -0.1) is 0 Å². The van der Waals surface area contributed by atoms with E-state index in [2.05, 4.69) is 124 Å². The second-order valence-electron chi connectivity index (χ2n) is 10.2. The maximum absolute atomic E-state index is 2.68. The number of hydrogen-bond acceptors (Lipinski definition) is 0. The van der Waals surface area contributed by atoms with Crippen molar-refractivity contribution in [3.8, 4) is 22.3 Å². The van der Waals surface area contributed by atoms with E-state index >= 15 is 0 Å². The molecular weight excluding hydrogens is 460 g/mol. The molecule has 0 amide bonds. The fourth-order valence-corrected chi connectivity index (χ4v) is 12.1. The summed E-state index contributed by atoms with van der Waals surface area (Å²) in [6.45, 7) is 7.18. The summed E-state index contributed by atoms with van der Waals surface area (Å²) in [6, 6.07) is 37.9. The molecule has 0 saturated carbocycles. The third kappa shape index (κ3) is 3.45. The number of allylic oxidation sites excluding steroid dienone is 2. The smallest absolute Gasteiger partial charge is 0.0797 e. The molecule has 2 heteroatoms. The first-order valence-electron chi connectivity index (χ1n) is 12.1. The Morgan fingerprint density at radius 3 is 1.18 bits per heavy atom. The fourth-order valence-electron chi connectivity index (χ4n) is 6.56. The Morgan fingerprint density at radius 2 is 0.882 bits per heavy atom. The monoisotopic (exact) mass is 490 g/mol. The normalized spacial score (nSPS) is 14.0. The molecule has 34 heavy (non-hydrogen) atoms. The van der Waals surface area contributed by atoms with Gasteiger partial charge in [0.25, 0.3) is 0 Å². The van der Waals surface area contributed by atoms with Crippen LogP contribution in [-0.4, -0.2) is 8.07 Å². The zero-order chi connectivity index (χ0) is 22.6. The van der Waals surface area contributed by atoms with E-state index in [1.54, 1.807) is 0 Å². The Labute approximate surface area is 219 Å². The van der Waals surface area contributed by atoms with Crippen molar-refractivity contribution in [2.24, 2.45) is 0 Å². The van der Waals surface area contributed by atoms with Crippen molar-refractivity contribution in [3.05, 3.63) is 131 Å². The minimum absolute atomic E-state index is 0. The second kappa shape index (κ2) is 8.97. The number of hydrogen-bond donors (Lipinski definition) is 0. The zero-order valence-corrected chi connectivity index (χ0v) is 22.7. The van der Waals surface area contributed by atoms with Gasteiger partial charge >= 0.3 is 0 Å². The van der Waals surface area contributed by atoms with Crippen molar-refractivity contribution in [1.82, 2.24) is 0 Å². The Kier molecular flexibility index (Phi) is 6.14. The number of benzene rings is 4. The van der Waals surface area contributed by atoms with E-state index in [0.29, 0.717) is 11.1 Å². The third-order valence-electron chi connectivity index (χ3n) is 7.94. The van der Waals surface area contributed by atoms with Gasteiger partial charge in [-0.25, -0.2) is 0 Å². The summed E-state index contributed by atoms with van der Waals surface area (Å²) in [6.07, 6.45) is 2.53. The summed E-state index contributed by atoms with van der Waals surface area (Å²) >= 11 is 0. The molecule has 166 valence electrons. The van der Waals surface area contributed by atoms with E-state index in [9.17, 15) is 0 Å². The van der Waals surface area contributed by atoms with Crippen LogP contribution in [0.3, 0.4) is 0 Å². The molecule has 0 fully saturated rings. The van der Waals surface area contributed by atoms with Gasteiger partial charge in [0.2, 0.25) is 0 Å². The van der Waals surface area contributed by atoms with Gasteiger partial charge in [0.15, 0.2) is 0 Å². The third-order valence-corrected chi connectivity index (χ3v) is 12.9. The van der Waals surface area contributed by atoms with E-state index in [0.717, 1.165) is 0 Å². The average molecular weight is 491 g/mol. The molecule has 0 radical (unpaired) electrons. The van der Waals surface area contributed by atoms with E-state index in [1.165, 1.54) is 56.1 Å². The first-order chi connectivity index (χ1) is 16.1. The molecule has 0 unspecified atom stereocenters. The van der Waals surface area contributed by atoms with Gasteiger partial charge in [0, 0.05) is 32.8 Å². The Bertz CT molecular complexity index is 1210. The molecule has 0 aromatic heterocycles. The van der Waals surface area contributed by atoms with Gasteiger partial charge < -0.3 is 0 Å². The van der Waals surface area contributed by atoms with Gasteiger partial charge in [-0.3, -0.25) is 0 Å². The van der Waals surface area contributed by atoms with Crippen LogP contribution >= 0.6 is 0 Å². The van der Waals surface area contributed by atoms with Crippen LogP contribution in [-0.2, 0) is 21.7 Å². The van der Waals surface area contributed by atoms with Gasteiger partial charge in [-0.2, -0.15) is 0 Å². The predicted molar refractivity (Wildman–Crippen MR) is 143 cm³/mol. The van der Waals surface area contributed by atoms with Gasteiger partial charge in [0.05, 0.1) is 8.07 Å². The van der Waals surface area contributed by atoms with E-state index in [1.807, 2.05) is 0 Å². The molecular formula is C32H30SiTi. The molecule has 6 rings (SSSR count). The van der Waals surface area contributed by atoms with E-state index in [-0.39, 0.29) is 21.7 Å². The Hall–Kier alpha value is -2.45. The van der Waals surface area contributed by atoms with Gasteiger partial charge in [-0.05, 0) is 64.4 Å². The molecule has 0 nitrogen and oxygen atoms in total. The largest absolute Gasteiger partial charge is 0.0885 e. The number of fused-ring (bicyclic) bond motifs is 6. The quantitative estimate of drug-likeness (QED) is 0.198. The maximum Gasteiger partial charge on any atom is 0.0797 e. The molecule has 0 bridgehead atoms. The van der Waals surface area contributed by atoms with Crippen molar-refractivity contribution in [2.45, 2.75) is 37.5 Å². The van der Waals surface area contributed by atoms with Crippen LogP contribution in [0.5, 0.6) is 0 Å². The molecule has 0 aliphatic heterocycles. The molecule has 0 saturated heterocycles. The predicted octanol–water partition coefficient (Wildman–Crippen LogP) is 8.73. The topological polar surface area (TPSA) is 0 Å². The minimum Gasteiger partial charge on any atom is -0.0885 e. The molecule has 2 aliphatic carbocycles. The van der Waals surface area contributed by atoms with Crippen molar-refractivity contribution in [3.63, 3.8) is 0 Å². The van der Waals surface area contributed by atoms with E-state index < -0.39 is 8.07 Å². The first-order valence-corrected chi connectivity index (χ1v) is 15.0. The van der Waals surface area contributed by atoms with Crippen molar-refractivity contribution in [2.75, 3.05) is 0 Å². The van der Waals surface area contributed by atoms with Crippen LogP contribution < -0.4 is 0 Å². The zero-order valence-electron chi connectivity index (χ0n) is 20.2. The maximum atomic E-state index is 2.68. The van der Waals surface area contributed by atoms with Gasteiger partial charge in [-0.1, -0.05) is 115 Å². The molecule has 4 aromatic rings. The summed E-state index contributed by atoms with van der Waals surface area (Å²) in [4.78, 5) is 0. The van der Waals surface area contributed by atoms with Crippen LogP contribution in [0.1, 0.15) is 47.2 Å². The molecule has 2 aliphatic rings. The summed E-state index contributed by atoms with van der Waals surface area (Å²) in [7, 11) is -2.03. The summed E-state index contributed by atoms with van der Waals surface area (Å²) in [5.41, 5.74) is 14.3. The van der Waals surface area contributed by atoms with Crippen LogP contribution in [0.2, 0.25) is 12.6 Å². The molecule has 0 atom stereocenters. The van der Waals surface area contributed by atoms with Crippen LogP contribution in [0.4, 0.5) is 0 Å². The SMILES string of the molecule is CC(C)=CC[Si](C)(C1c2ccccc2-c2ccccc21)C1c2ccccc2-c2ccccc21.[Ti]. The summed E-state index contributed by atoms with van der Waals surface area (Å²) < 4.78 is 0. The molecule has 0 N–H and O–H groups in total. The van der Waals surface area contributed by atoms with Crippen molar-refractivity contribution < 1.29 is 21.7 Å². The summed E-state index contributed by atoms with van der Waals surface area (Å²) in [5, 5.41) is 0. The van der Waals surface area contributed by atoms with Crippen molar-refractivity contribution in [1.29, 1.82) is 0 Å². The molecule has 0 spiro atoms. The Morgan fingerprint density at radius 1 is 0.588 bits per heavy atom. The average Bonchev–Trinajstić information content (AvgIpc) is 3.37. The van der Waals surface area contributed by atoms with Crippen LogP contribution in [0.15, 0.2) is 109 Å². The minimum atomic E-state index is -2.03.